The molecular formula is C28H33N3O5. The summed E-state index contributed by atoms with van der Waals surface area (Å²) in [6.45, 7) is 11.7. The maximum Gasteiger partial charge on any atom is 0.336 e. The van der Waals surface area contributed by atoms with Gasteiger partial charge in [0.2, 0.25) is 0 Å². The van der Waals surface area contributed by atoms with Crippen LogP contribution in [0, 0.1) is 6.92 Å². The van der Waals surface area contributed by atoms with Crippen molar-refractivity contribution < 1.29 is 23.9 Å². The number of carbonyl (C=O) groups is 3. The lowest BCUT2D eigenvalue weighted by Gasteiger charge is -2.47. The molecule has 4 rings (SSSR count). The average Bonchev–Trinajstić information content (AvgIpc) is 2.82. The Hall–Kier alpha value is -3.81. The molecule has 1 fully saturated rings. The van der Waals surface area contributed by atoms with Crippen molar-refractivity contribution in [3.8, 4) is 11.5 Å². The standard InChI is InChI=1S/C28H33N3O5/c1-8-30-23-11-16(2)18(12-20(23)17(3)15-28(30,4)5)13-21-25(32)29-27(34)31(26(21)33)22-10-9-19(35-6)14-24(22)36-7/h9-14,17H,8,15H2,1-7H3,(H,29,32,34)/b21-13-. The summed E-state index contributed by atoms with van der Waals surface area (Å²) in [7, 11) is 2.94. The molecule has 190 valence electrons. The van der Waals surface area contributed by atoms with Gasteiger partial charge in [0.1, 0.15) is 17.1 Å². The number of amides is 4. The lowest BCUT2D eigenvalue weighted by molar-refractivity contribution is -0.122. The SMILES string of the molecule is CCN1c2cc(C)c(/C=C3/C(=O)NC(=O)N(c4ccc(OC)cc4OC)C3=O)cc2C(C)CC1(C)C. The van der Waals surface area contributed by atoms with Gasteiger partial charge in [-0.2, -0.15) is 0 Å². The van der Waals surface area contributed by atoms with Crippen LogP contribution in [0.2, 0.25) is 0 Å². The van der Waals surface area contributed by atoms with Crippen LogP contribution in [0.1, 0.15) is 56.7 Å². The minimum atomic E-state index is -0.831. The minimum absolute atomic E-state index is 0.0328. The fraction of sp³-hybridized carbons (Fsp3) is 0.393. The molecule has 0 saturated carbocycles. The highest BCUT2D eigenvalue weighted by Gasteiger charge is 2.39. The van der Waals surface area contributed by atoms with E-state index in [1.807, 2.05) is 6.92 Å². The quantitative estimate of drug-likeness (QED) is 0.478. The number of nitrogens with zero attached hydrogens (tertiary/aromatic N) is 2. The normalized spacial score (nSPS) is 20.4. The van der Waals surface area contributed by atoms with Crippen LogP contribution in [0.4, 0.5) is 16.2 Å². The number of rotatable bonds is 5. The number of hydrogen-bond acceptors (Lipinski definition) is 6. The number of fused-ring (bicyclic) bond motifs is 1. The molecule has 2 aromatic carbocycles. The summed E-state index contributed by atoms with van der Waals surface area (Å²) in [5.41, 5.74) is 4.21. The summed E-state index contributed by atoms with van der Waals surface area (Å²) in [5, 5.41) is 2.29. The van der Waals surface area contributed by atoms with Crippen molar-refractivity contribution in [1.29, 1.82) is 0 Å². The highest BCUT2D eigenvalue weighted by Crippen LogP contribution is 2.44. The van der Waals surface area contributed by atoms with Crippen LogP contribution in [0.5, 0.6) is 11.5 Å². The Kier molecular flexibility index (Phi) is 6.56. The third-order valence-corrected chi connectivity index (χ3v) is 7.12. The number of carbonyl (C=O) groups excluding carboxylic acids is 3. The van der Waals surface area contributed by atoms with Crippen molar-refractivity contribution >= 4 is 35.3 Å². The number of ether oxygens (including phenoxy) is 2. The first-order valence-corrected chi connectivity index (χ1v) is 12.1. The first kappa shape index (κ1) is 25.3. The van der Waals surface area contributed by atoms with E-state index in [-0.39, 0.29) is 22.5 Å². The molecule has 0 spiro atoms. The number of imide groups is 2. The maximum absolute atomic E-state index is 13.5. The molecule has 0 radical (unpaired) electrons. The average molecular weight is 492 g/mol. The zero-order chi connectivity index (χ0) is 26.4. The van der Waals surface area contributed by atoms with Crippen molar-refractivity contribution in [3.63, 3.8) is 0 Å². The summed E-state index contributed by atoms with van der Waals surface area (Å²) in [5.74, 6) is -0.347. The van der Waals surface area contributed by atoms with Gasteiger partial charge in [0.05, 0.1) is 19.9 Å². The first-order chi connectivity index (χ1) is 17.0. The van der Waals surface area contributed by atoms with E-state index in [2.05, 4.69) is 50.0 Å². The highest BCUT2D eigenvalue weighted by molar-refractivity contribution is 6.39. The number of hydrogen-bond donors (Lipinski definition) is 1. The Bertz CT molecular complexity index is 1280. The van der Waals surface area contributed by atoms with Gasteiger partial charge >= 0.3 is 6.03 Å². The van der Waals surface area contributed by atoms with E-state index in [9.17, 15) is 14.4 Å². The Balaban J connectivity index is 1.79. The topological polar surface area (TPSA) is 88.2 Å². The number of aryl methyl sites for hydroxylation is 1. The fourth-order valence-electron chi connectivity index (χ4n) is 5.41. The van der Waals surface area contributed by atoms with Crippen molar-refractivity contribution in [3.05, 3.63) is 52.6 Å². The van der Waals surface area contributed by atoms with Gasteiger partial charge in [0.25, 0.3) is 11.8 Å². The maximum atomic E-state index is 13.5. The summed E-state index contributed by atoms with van der Waals surface area (Å²) in [6.07, 6.45) is 2.57. The number of urea groups is 1. The predicted molar refractivity (Wildman–Crippen MR) is 140 cm³/mol. The molecule has 1 atom stereocenters. The molecule has 0 aromatic heterocycles. The molecule has 0 bridgehead atoms. The van der Waals surface area contributed by atoms with Gasteiger partial charge in [-0.1, -0.05) is 6.92 Å². The number of barbiturate groups is 1. The third kappa shape index (κ3) is 4.21. The number of nitrogens with one attached hydrogen (secondary N) is 1. The van der Waals surface area contributed by atoms with Gasteiger partial charge in [-0.15, -0.1) is 0 Å². The smallest absolute Gasteiger partial charge is 0.336 e. The van der Waals surface area contributed by atoms with E-state index in [1.54, 1.807) is 24.3 Å². The van der Waals surface area contributed by atoms with Crippen molar-refractivity contribution in [1.82, 2.24) is 5.32 Å². The lowest BCUT2D eigenvalue weighted by Crippen LogP contribution is -2.54. The van der Waals surface area contributed by atoms with Gasteiger partial charge in [-0.3, -0.25) is 14.9 Å². The molecule has 1 saturated heterocycles. The molecule has 1 N–H and O–H groups in total. The molecule has 4 amide bonds. The molecule has 2 heterocycles. The number of benzene rings is 2. The Morgan fingerprint density at radius 1 is 1.08 bits per heavy atom. The van der Waals surface area contributed by atoms with Crippen molar-refractivity contribution in [2.24, 2.45) is 0 Å². The number of methoxy groups -OCH3 is 2. The fourth-order valence-corrected chi connectivity index (χ4v) is 5.41. The minimum Gasteiger partial charge on any atom is -0.497 e. The molecule has 2 aromatic rings. The van der Waals surface area contributed by atoms with Crippen LogP contribution >= 0.6 is 0 Å². The van der Waals surface area contributed by atoms with Gasteiger partial charge < -0.3 is 14.4 Å². The molecule has 2 aliphatic rings. The van der Waals surface area contributed by atoms with E-state index >= 15 is 0 Å². The molecule has 0 aliphatic carbocycles. The molecular weight excluding hydrogens is 458 g/mol. The first-order valence-electron chi connectivity index (χ1n) is 12.1. The van der Waals surface area contributed by atoms with Gasteiger partial charge in [-0.25, -0.2) is 9.69 Å². The largest absolute Gasteiger partial charge is 0.497 e. The second kappa shape index (κ2) is 9.33. The lowest BCUT2D eigenvalue weighted by atomic mass is 9.79. The molecule has 8 nitrogen and oxygen atoms in total. The monoisotopic (exact) mass is 491 g/mol. The second-order valence-electron chi connectivity index (χ2n) is 9.93. The summed E-state index contributed by atoms with van der Waals surface area (Å²) < 4.78 is 10.6. The zero-order valence-corrected chi connectivity index (χ0v) is 21.9. The summed E-state index contributed by atoms with van der Waals surface area (Å²) >= 11 is 0. The van der Waals surface area contributed by atoms with E-state index in [1.165, 1.54) is 25.5 Å². The van der Waals surface area contributed by atoms with E-state index in [0.717, 1.165) is 29.0 Å². The third-order valence-electron chi connectivity index (χ3n) is 7.12. The summed E-state index contributed by atoms with van der Waals surface area (Å²) in [6, 6.07) is 8.11. The van der Waals surface area contributed by atoms with Crippen molar-refractivity contribution in [2.45, 2.75) is 52.5 Å². The summed E-state index contributed by atoms with van der Waals surface area (Å²) in [4.78, 5) is 42.3. The second-order valence-corrected chi connectivity index (χ2v) is 9.93. The predicted octanol–water partition coefficient (Wildman–Crippen LogP) is 4.79. The van der Waals surface area contributed by atoms with E-state index < -0.39 is 17.8 Å². The Morgan fingerprint density at radius 3 is 2.44 bits per heavy atom. The van der Waals surface area contributed by atoms with Gasteiger partial charge in [0.15, 0.2) is 0 Å². The van der Waals surface area contributed by atoms with Gasteiger partial charge in [-0.05, 0) is 87.1 Å². The number of anilines is 2. The zero-order valence-electron chi connectivity index (χ0n) is 21.9. The Labute approximate surface area is 211 Å². The van der Waals surface area contributed by atoms with Crippen LogP contribution in [-0.4, -0.2) is 44.1 Å². The molecule has 36 heavy (non-hydrogen) atoms. The van der Waals surface area contributed by atoms with Crippen LogP contribution in [0.25, 0.3) is 6.08 Å². The highest BCUT2D eigenvalue weighted by atomic mass is 16.5. The van der Waals surface area contributed by atoms with Crippen LogP contribution in [-0.2, 0) is 9.59 Å². The molecule has 1 unspecified atom stereocenters. The van der Waals surface area contributed by atoms with Crippen molar-refractivity contribution in [2.75, 3.05) is 30.6 Å². The molecule has 2 aliphatic heterocycles. The van der Waals surface area contributed by atoms with Crippen LogP contribution in [0.15, 0.2) is 35.9 Å². The van der Waals surface area contributed by atoms with Crippen LogP contribution < -0.4 is 24.6 Å². The van der Waals surface area contributed by atoms with Gasteiger partial charge in [0, 0.05) is 23.8 Å². The molecule has 8 heteroatoms. The van der Waals surface area contributed by atoms with E-state index in [4.69, 9.17) is 9.47 Å². The van der Waals surface area contributed by atoms with E-state index in [0.29, 0.717) is 11.7 Å². The van der Waals surface area contributed by atoms with Crippen LogP contribution in [0.3, 0.4) is 0 Å². The Morgan fingerprint density at radius 2 is 1.81 bits per heavy atom.